The van der Waals surface area contributed by atoms with Gasteiger partial charge in [-0.15, -0.1) is 0 Å². The van der Waals surface area contributed by atoms with Gasteiger partial charge in [0.25, 0.3) is 0 Å². The molecule has 2 atom stereocenters. The molecule has 0 saturated heterocycles. The number of carboxylic acids is 1. The van der Waals surface area contributed by atoms with E-state index in [0.29, 0.717) is 0 Å². The maximum Gasteiger partial charge on any atom is 0.322 e. The Morgan fingerprint density at radius 1 is 1.41 bits per heavy atom. The van der Waals surface area contributed by atoms with Crippen LogP contribution in [0.5, 0.6) is 0 Å². The average Bonchev–Trinajstić information content (AvgIpc) is 3.06. The zero-order chi connectivity index (χ0) is 12.4. The standard InChI is InChI=1S/C13H15NO3/c1-8-4-2-3-5-9(8)10-6-11(10)13(17)14-7-12(15)16/h2-5,10-11H,6-7H2,1H3,(H,14,17)(H,15,16)/t10-,11-/m1/s1. The number of hydrogen-bond donors (Lipinski definition) is 2. The molecule has 1 amide bonds. The molecule has 1 saturated carbocycles. The fraction of sp³-hybridized carbons (Fsp3) is 0.385. The molecule has 2 N–H and O–H groups in total. The van der Waals surface area contributed by atoms with Crippen molar-refractivity contribution >= 4 is 11.9 Å². The van der Waals surface area contributed by atoms with E-state index < -0.39 is 5.97 Å². The van der Waals surface area contributed by atoms with Gasteiger partial charge in [-0.2, -0.15) is 0 Å². The molecule has 0 spiro atoms. The Kier molecular flexibility index (Phi) is 3.13. The van der Waals surface area contributed by atoms with Gasteiger partial charge in [0.2, 0.25) is 5.91 Å². The van der Waals surface area contributed by atoms with Gasteiger partial charge < -0.3 is 10.4 Å². The first-order chi connectivity index (χ1) is 8.09. The number of aryl methyl sites for hydroxylation is 1. The van der Waals surface area contributed by atoms with Gasteiger partial charge >= 0.3 is 5.97 Å². The Morgan fingerprint density at radius 3 is 2.76 bits per heavy atom. The molecule has 0 heterocycles. The maximum atomic E-state index is 11.6. The first-order valence-electron chi connectivity index (χ1n) is 5.64. The SMILES string of the molecule is Cc1ccccc1[C@H]1C[C@H]1C(=O)NCC(=O)O. The molecule has 0 aliphatic heterocycles. The molecule has 0 unspecified atom stereocenters. The second-order valence-corrected chi connectivity index (χ2v) is 4.42. The predicted octanol–water partition coefficient (Wildman–Crippen LogP) is 1.30. The van der Waals surface area contributed by atoms with Crippen LogP contribution in [0.1, 0.15) is 23.5 Å². The Balaban J connectivity index is 1.94. The molecule has 0 radical (unpaired) electrons. The molecule has 1 aromatic carbocycles. The summed E-state index contributed by atoms with van der Waals surface area (Å²) in [4.78, 5) is 22.0. The van der Waals surface area contributed by atoms with E-state index in [9.17, 15) is 9.59 Å². The number of rotatable bonds is 4. The van der Waals surface area contributed by atoms with Crippen LogP contribution in [0.2, 0.25) is 0 Å². The lowest BCUT2D eigenvalue weighted by Crippen LogP contribution is -2.30. The highest BCUT2D eigenvalue weighted by atomic mass is 16.4. The van der Waals surface area contributed by atoms with Gasteiger partial charge in [-0.1, -0.05) is 24.3 Å². The van der Waals surface area contributed by atoms with E-state index in [2.05, 4.69) is 5.32 Å². The van der Waals surface area contributed by atoms with E-state index in [0.717, 1.165) is 6.42 Å². The number of carbonyl (C=O) groups is 2. The molecule has 4 nitrogen and oxygen atoms in total. The lowest BCUT2D eigenvalue weighted by atomic mass is 10.0. The zero-order valence-electron chi connectivity index (χ0n) is 9.64. The van der Waals surface area contributed by atoms with E-state index in [-0.39, 0.29) is 24.3 Å². The van der Waals surface area contributed by atoms with Gasteiger partial charge in [0, 0.05) is 5.92 Å². The molecule has 90 valence electrons. The Bertz CT molecular complexity index is 456. The number of benzene rings is 1. The van der Waals surface area contributed by atoms with Crippen molar-refractivity contribution in [3.8, 4) is 0 Å². The molecule has 1 aliphatic carbocycles. The van der Waals surface area contributed by atoms with Crippen molar-refractivity contribution in [2.75, 3.05) is 6.54 Å². The Labute approximate surface area is 99.6 Å². The van der Waals surface area contributed by atoms with Crippen molar-refractivity contribution in [1.29, 1.82) is 0 Å². The van der Waals surface area contributed by atoms with Crippen LogP contribution >= 0.6 is 0 Å². The van der Waals surface area contributed by atoms with Gasteiger partial charge in [-0.25, -0.2) is 0 Å². The Hall–Kier alpha value is -1.84. The van der Waals surface area contributed by atoms with Crippen LogP contribution in [0.25, 0.3) is 0 Å². The Morgan fingerprint density at radius 2 is 2.12 bits per heavy atom. The zero-order valence-corrected chi connectivity index (χ0v) is 9.64. The highest BCUT2D eigenvalue weighted by Crippen LogP contribution is 2.48. The van der Waals surface area contributed by atoms with E-state index in [1.54, 1.807) is 0 Å². The summed E-state index contributed by atoms with van der Waals surface area (Å²) in [6, 6.07) is 8.00. The van der Waals surface area contributed by atoms with E-state index in [4.69, 9.17) is 5.11 Å². The highest BCUT2D eigenvalue weighted by molar-refractivity contribution is 5.86. The topological polar surface area (TPSA) is 66.4 Å². The smallest absolute Gasteiger partial charge is 0.322 e. The molecule has 0 bridgehead atoms. The number of carbonyl (C=O) groups excluding carboxylic acids is 1. The van der Waals surface area contributed by atoms with Crippen LogP contribution in [0, 0.1) is 12.8 Å². The molecule has 17 heavy (non-hydrogen) atoms. The van der Waals surface area contributed by atoms with Gasteiger partial charge in [0.1, 0.15) is 6.54 Å². The fourth-order valence-electron chi connectivity index (χ4n) is 2.13. The van der Waals surface area contributed by atoms with Crippen molar-refractivity contribution in [2.24, 2.45) is 5.92 Å². The fourth-order valence-corrected chi connectivity index (χ4v) is 2.13. The van der Waals surface area contributed by atoms with Gasteiger partial charge in [0.15, 0.2) is 0 Å². The van der Waals surface area contributed by atoms with Crippen LogP contribution in [-0.2, 0) is 9.59 Å². The number of aliphatic carboxylic acids is 1. The summed E-state index contributed by atoms with van der Waals surface area (Å²) in [7, 11) is 0. The first kappa shape index (κ1) is 11.6. The third kappa shape index (κ3) is 2.64. The molecule has 1 aromatic rings. The summed E-state index contributed by atoms with van der Waals surface area (Å²) >= 11 is 0. The van der Waals surface area contributed by atoms with E-state index in [1.807, 2.05) is 31.2 Å². The van der Waals surface area contributed by atoms with Crippen LogP contribution in [0.15, 0.2) is 24.3 Å². The average molecular weight is 233 g/mol. The monoisotopic (exact) mass is 233 g/mol. The normalized spacial score (nSPS) is 21.9. The van der Waals surface area contributed by atoms with Crippen molar-refractivity contribution in [1.82, 2.24) is 5.32 Å². The van der Waals surface area contributed by atoms with Crippen LogP contribution in [0.3, 0.4) is 0 Å². The number of carboxylic acid groups (broad SMARTS) is 1. The lowest BCUT2D eigenvalue weighted by molar-refractivity contribution is -0.138. The van der Waals surface area contributed by atoms with Crippen LogP contribution < -0.4 is 5.32 Å². The van der Waals surface area contributed by atoms with E-state index in [1.165, 1.54) is 11.1 Å². The molecule has 2 rings (SSSR count). The molecular formula is C13H15NO3. The first-order valence-corrected chi connectivity index (χ1v) is 5.64. The minimum absolute atomic E-state index is 0.0598. The third-order valence-corrected chi connectivity index (χ3v) is 3.13. The molecular weight excluding hydrogens is 218 g/mol. The maximum absolute atomic E-state index is 11.6. The summed E-state index contributed by atoms with van der Waals surface area (Å²) in [5.41, 5.74) is 2.38. The summed E-state index contributed by atoms with van der Waals surface area (Å²) in [5.74, 6) is -0.965. The summed E-state index contributed by atoms with van der Waals surface area (Å²) in [5, 5.41) is 10.9. The molecule has 1 fully saturated rings. The van der Waals surface area contributed by atoms with Crippen LogP contribution in [-0.4, -0.2) is 23.5 Å². The molecule has 4 heteroatoms. The van der Waals surface area contributed by atoms with Gasteiger partial charge in [0.05, 0.1) is 0 Å². The second-order valence-electron chi connectivity index (χ2n) is 4.42. The van der Waals surface area contributed by atoms with Gasteiger partial charge in [-0.3, -0.25) is 9.59 Å². The van der Waals surface area contributed by atoms with Crippen LogP contribution in [0.4, 0.5) is 0 Å². The lowest BCUT2D eigenvalue weighted by Gasteiger charge is -2.04. The third-order valence-electron chi connectivity index (χ3n) is 3.13. The highest BCUT2D eigenvalue weighted by Gasteiger charge is 2.44. The minimum Gasteiger partial charge on any atom is -0.480 e. The minimum atomic E-state index is -1.01. The quantitative estimate of drug-likeness (QED) is 0.823. The van der Waals surface area contributed by atoms with E-state index >= 15 is 0 Å². The van der Waals surface area contributed by atoms with Crippen molar-refractivity contribution in [2.45, 2.75) is 19.3 Å². The summed E-state index contributed by atoms with van der Waals surface area (Å²) in [6.07, 6.45) is 0.816. The largest absolute Gasteiger partial charge is 0.480 e. The van der Waals surface area contributed by atoms with Crippen molar-refractivity contribution < 1.29 is 14.7 Å². The molecule has 1 aliphatic rings. The number of hydrogen-bond acceptors (Lipinski definition) is 2. The summed E-state index contributed by atoms with van der Waals surface area (Å²) in [6.45, 7) is 1.73. The van der Waals surface area contributed by atoms with Crippen molar-refractivity contribution in [3.63, 3.8) is 0 Å². The van der Waals surface area contributed by atoms with Gasteiger partial charge in [-0.05, 0) is 30.4 Å². The molecule has 0 aromatic heterocycles. The summed E-state index contributed by atoms with van der Waals surface area (Å²) < 4.78 is 0. The van der Waals surface area contributed by atoms with Crippen molar-refractivity contribution in [3.05, 3.63) is 35.4 Å². The number of amides is 1. The predicted molar refractivity (Wildman–Crippen MR) is 62.7 cm³/mol. The second kappa shape index (κ2) is 4.57. The number of nitrogens with one attached hydrogen (secondary N) is 1.